The van der Waals surface area contributed by atoms with Crippen LogP contribution in [0.3, 0.4) is 0 Å². The van der Waals surface area contributed by atoms with Crippen LogP contribution in [0.4, 0.5) is 5.82 Å². The van der Waals surface area contributed by atoms with Crippen LogP contribution in [-0.2, 0) is 10.0 Å². The Labute approximate surface area is 119 Å². The number of nitrogen functional groups attached to an aromatic ring is 1. The Hall–Kier alpha value is -1.22. The van der Waals surface area contributed by atoms with Crippen molar-refractivity contribution in [2.45, 2.75) is 30.7 Å². The SMILES string of the molecule is CCN(CCNS(=O)(=O)c1ccnc(NN)c1)C1CC1. The smallest absolute Gasteiger partial charge is 0.240 e. The first-order chi connectivity index (χ1) is 9.56. The summed E-state index contributed by atoms with van der Waals surface area (Å²) >= 11 is 0. The van der Waals surface area contributed by atoms with Crippen LogP contribution in [0.1, 0.15) is 19.8 Å². The Kier molecular flexibility index (Phi) is 4.92. The minimum absolute atomic E-state index is 0.162. The van der Waals surface area contributed by atoms with Crippen LogP contribution in [0.5, 0.6) is 0 Å². The summed E-state index contributed by atoms with van der Waals surface area (Å²) in [6.07, 6.45) is 3.85. The minimum Gasteiger partial charge on any atom is -0.308 e. The standard InChI is InChI=1S/C12H21N5O2S/c1-2-17(10-3-4-10)8-7-15-20(18,19)11-5-6-14-12(9-11)16-13/h5-6,9-10,15H,2-4,7-8,13H2,1H3,(H,14,16). The van der Waals surface area contributed by atoms with Gasteiger partial charge in [0, 0.05) is 31.4 Å². The van der Waals surface area contributed by atoms with E-state index in [9.17, 15) is 8.42 Å². The van der Waals surface area contributed by atoms with Crippen molar-refractivity contribution in [3.05, 3.63) is 18.3 Å². The first-order valence-electron chi connectivity index (χ1n) is 6.73. The molecular weight excluding hydrogens is 278 g/mol. The van der Waals surface area contributed by atoms with Gasteiger partial charge in [0.25, 0.3) is 0 Å². The largest absolute Gasteiger partial charge is 0.308 e. The highest BCUT2D eigenvalue weighted by Gasteiger charge is 2.27. The number of aromatic nitrogens is 1. The maximum Gasteiger partial charge on any atom is 0.240 e. The van der Waals surface area contributed by atoms with Crippen molar-refractivity contribution in [3.63, 3.8) is 0 Å². The molecule has 1 aliphatic rings. The molecule has 1 fully saturated rings. The van der Waals surface area contributed by atoms with Crippen LogP contribution in [0.2, 0.25) is 0 Å². The number of nitrogens with one attached hydrogen (secondary N) is 2. The fourth-order valence-corrected chi connectivity index (χ4v) is 3.14. The second-order valence-electron chi connectivity index (χ2n) is 4.78. The molecule has 0 aliphatic heterocycles. The average molecular weight is 299 g/mol. The third kappa shape index (κ3) is 3.89. The highest BCUT2D eigenvalue weighted by atomic mass is 32.2. The van der Waals surface area contributed by atoms with Gasteiger partial charge in [0.15, 0.2) is 0 Å². The fourth-order valence-electron chi connectivity index (χ4n) is 2.10. The van der Waals surface area contributed by atoms with Gasteiger partial charge in [-0.05, 0) is 25.5 Å². The lowest BCUT2D eigenvalue weighted by Gasteiger charge is -2.19. The number of anilines is 1. The van der Waals surface area contributed by atoms with Crippen LogP contribution >= 0.6 is 0 Å². The lowest BCUT2D eigenvalue weighted by atomic mass is 10.4. The number of nitrogens with zero attached hydrogens (tertiary/aromatic N) is 2. The number of sulfonamides is 1. The lowest BCUT2D eigenvalue weighted by Crippen LogP contribution is -2.36. The van der Waals surface area contributed by atoms with Gasteiger partial charge >= 0.3 is 0 Å². The van der Waals surface area contributed by atoms with Crippen LogP contribution in [0.25, 0.3) is 0 Å². The highest BCUT2D eigenvalue weighted by Crippen LogP contribution is 2.25. The second-order valence-corrected chi connectivity index (χ2v) is 6.55. The van der Waals surface area contributed by atoms with E-state index in [4.69, 9.17) is 5.84 Å². The summed E-state index contributed by atoms with van der Waals surface area (Å²) in [6, 6.07) is 3.49. The van der Waals surface area contributed by atoms with Crippen LogP contribution in [-0.4, -0.2) is 44.0 Å². The van der Waals surface area contributed by atoms with Gasteiger partial charge in [-0.3, -0.25) is 4.90 Å². The molecule has 1 saturated carbocycles. The van der Waals surface area contributed by atoms with E-state index in [0.717, 1.165) is 13.1 Å². The van der Waals surface area contributed by atoms with Crippen molar-refractivity contribution in [1.29, 1.82) is 0 Å². The van der Waals surface area contributed by atoms with Crippen molar-refractivity contribution in [1.82, 2.24) is 14.6 Å². The zero-order chi connectivity index (χ0) is 14.6. The highest BCUT2D eigenvalue weighted by molar-refractivity contribution is 7.89. The van der Waals surface area contributed by atoms with Gasteiger partial charge in [0.1, 0.15) is 5.82 Å². The zero-order valence-electron chi connectivity index (χ0n) is 11.5. The van der Waals surface area contributed by atoms with Gasteiger partial charge in [-0.2, -0.15) is 0 Å². The fraction of sp³-hybridized carbons (Fsp3) is 0.583. The Morgan fingerprint density at radius 1 is 1.50 bits per heavy atom. The van der Waals surface area contributed by atoms with Crippen LogP contribution in [0.15, 0.2) is 23.2 Å². The molecule has 0 radical (unpaired) electrons. The van der Waals surface area contributed by atoms with Gasteiger partial charge in [-0.15, -0.1) is 0 Å². The zero-order valence-corrected chi connectivity index (χ0v) is 12.4. The van der Waals surface area contributed by atoms with Crippen molar-refractivity contribution < 1.29 is 8.42 Å². The molecule has 8 heteroatoms. The number of hydrogen-bond donors (Lipinski definition) is 3. The quantitative estimate of drug-likeness (QED) is 0.466. The maximum atomic E-state index is 12.1. The van der Waals surface area contributed by atoms with Gasteiger partial charge < -0.3 is 5.43 Å². The summed E-state index contributed by atoms with van der Waals surface area (Å²) in [6.45, 7) is 4.17. The predicted molar refractivity (Wildman–Crippen MR) is 77.5 cm³/mol. The molecule has 0 amide bonds. The van der Waals surface area contributed by atoms with E-state index in [2.05, 4.69) is 27.0 Å². The third-order valence-corrected chi connectivity index (χ3v) is 4.81. The molecule has 0 unspecified atom stereocenters. The monoisotopic (exact) mass is 299 g/mol. The summed E-state index contributed by atoms with van der Waals surface area (Å²) in [7, 11) is -3.51. The summed E-state index contributed by atoms with van der Waals surface area (Å²) < 4.78 is 26.9. The summed E-state index contributed by atoms with van der Waals surface area (Å²) in [4.78, 5) is 6.34. The van der Waals surface area contributed by atoms with E-state index in [1.807, 2.05) is 0 Å². The molecule has 0 saturated heterocycles. The second kappa shape index (κ2) is 6.49. The summed E-state index contributed by atoms with van der Waals surface area (Å²) in [5.74, 6) is 5.55. The van der Waals surface area contributed by atoms with E-state index in [1.54, 1.807) is 0 Å². The summed E-state index contributed by atoms with van der Waals surface area (Å²) in [5.41, 5.74) is 2.33. The molecule has 0 spiro atoms. The van der Waals surface area contributed by atoms with Gasteiger partial charge in [0.05, 0.1) is 4.90 Å². The molecule has 1 aromatic heterocycles. The van der Waals surface area contributed by atoms with Crippen molar-refractivity contribution >= 4 is 15.8 Å². The molecular formula is C12H21N5O2S. The molecule has 7 nitrogen and oxygen atoms in total. The summed E-state index contributed by atoms with van der Waals surface area (Å²) in [5, 5.41) is 0. The van der Waals surface area contributed by atoms with E-state index >= 15 is 0 Å². The van der Waals surface area contributed by atoms with Crippen LogP contribution < -0.4 is 16.0 Å². The number of likely N-dealkylation sites (N-methyl/N-ethyl adjacent to an activating group) is 1. The number of nitrogens with two attached hydrogens (primary N) is 1. The Morgan fingerprint density at radius 3 is 2.85 bits per heavy atom. The molecule has 2 rings (SSSR count). The Morgan fingerprint density at radius 2 is 2.25 bits per heavy atom. The minimum atomic E-state index is -3.51. The molecule has 0 atom stereocenters. The number of hydrazine groups is 1. The molecule has 112 valence electrons. The van der Waals surface area contributed by atoms with E-state index in [1.165, 1.54) is 31.2 Å². The predicted octanol–water partition coefficient (Wildman–Crippen LogP) is 0.130. The first kappa shape index (κ1) is 15.2. The third-order valence-electron chi connectivity index (χ3n) is 3.35. The van der Waals surface area contributed by atoms with Crippen molar-refractivity contribution in [2.24, 2.45) is 5.84 Å². The molecule has 1 aliphatic carbocycles. The number of pyridine rings is 1. The maximum absolute atomic E-state index is 12.1. The lowest BCUT2D eigenvalue weighted by molar-refractivity contribution is 0.282. The van der Waals surface area contributed by atoms with Gasteiger partial charge in [-0.1, -0.05) is 6.92 Å². The molecule has 20 heavy (non-hydrogen) atoms. The number of rotatable bonds is 8. The molecule has 1 heterocycles. The molecule has 0 bridgehead atoms. The molecule has 0 aromatic carbocycles. The van der Waals surface area contributed by atoms with Crippen LogP contribution in [0, 0.1) is 0 Å². The first-order valence-corrected chi connectivity index (χ1v) is 8.21. The van der Waals surface area contributed by atoms with Crippen molar-refractivity contribution in [3.8, 4) is 0 Å². The van der Waals surface area contributed by atoms with E-state index in [0.29, 0.717) is 18.4 Å². The van der Waals surface area contributed by atoms with Gasteiger partial charge in [-0.25, -0.2) is 24.0 Å². The normalized spacial score (nSPS) is 15.6. The van der Waals surface area contributed by atoms with Gasteiger partial charge in [0.2, 0.25) is 10.0 Å². The molecule has 4 N–H and O–H groups in total. The van der Waals surface area contributed by atoms with E-state index in [-0.39, 0.29) is 4.90 Å². The number of hydrogen-bond acceptors (Lipinski definition) is 6. The topological polar surface area (TPSA) is 100 Å². The Bertz CT molecular complexity index is 545. The molecule has 1 aromatic rings. The average Bonchev–Trinajstić information content (AvgIpc) is 3.28. The van der Waals surface area contributed by atoms with E-state index < -0.39 is 10.0 Å². The Balaban J connectivity index is 1.92. The van der Waals surface area contributed by atoms with Crippen molar-refractivity contribution in [2.75, 3.05) is 25.1 Å².